The summed E-state index contributed by atoms with van der Waals surface area (Å²) >= 11 is 0. The van der Waals surface area contributed by atoms with Gasteiger partial charge in [0.25, 0.3) is 5.91 Å². The Morgan fingerprint density at radius 2 is 1.89 bits per heavy atom. The molecule has 1 saturated heterocycles. The Balaban J connectivity index is 0.00000380. The zero-order valence-corrected chi connectivity index (χ0v) is 21.6. The van der Waals surface area contributed by atoms with Crippen molar-refractivity contribution >= 4 is 23.5 Å². The molecule has 1 aliphatic carbocycles. The Labute approximate surface area is 213 Å². The first kappa shape index (κ1) is 25.8. The molecule has 2 amide bonds. The first-order chi connectivity index (χ1) is 16.9. The monoisotopic (exact) mass is 495 g/mol. The number of halogens is 1. The first-order valence-corrected chi connectivity index (χ1v) is 12.6. The van der Waals surface area contributed by atoms with E-state index in [9.17, 15) is 9.59 Å². The van der Waals surface area contributed by atoms with Gasteiger partial charge in [-0.25, -0.2) is 4.39 Å². The molecule has 36 heavy (non-hydrogen) atoms. The summed E-state index contributed by atoms with van der Waals surface area (Å²) in [4.78, 5) is 29.5. The fourth-order valence-electron chi connectivity index (χ4n) is 5.12. The summed E-state index contributed by atoms with van der Waals surface area (Å²) in [7, 11) is 0. The van der Waals surface area contributed by atoms with Gasteiger partial charge in [0, 0.05) is 39.3 Å². The van der Waals surface area contributed by atoms with Crippen molar-refractivity contribution in [3.63, 3.8) is 0 Å². The molecule has 1 fully saturated rings. The smallest absolute Gasteiger partial charge is 0.254 e. The van der Waals surface area contributed by atoms with E-state index >= 15 is 4.39 Å². The molecule has 7 nitrogen and oxygen atoms in total. The number of amidine groups is 2. The SMILES string of the molecule is CC1(NC(=O)c2cc3c(cc2F)CCN(C(=O)C(C)(C)C)C3)C=CC=C(C(=N)N2CCCCC2=N)C1.[HH]. The van der Waals surface area contributed by atoms with Crippen LogP contribution in [0.3, 0.4) is 0 Å². The third-order valence-corrected chi connectivity index (χ3v) is 7.14. The lowest BCUT2D eigenvalue weighted by Gasteiger charge is -2.36. The number of carbonyl (C=O) groups excluding carboxylic acids is 2. The van der Waals surface area contributed by atoms with Gasteiger partial charge in [-0.2, -0.15) is 0 Å². The van der Waals surface area contributed by atoms with Crippen LogP contribution in [-0.4, -0.2) is 51.9 Å². The Bertz CT molecular complexity index is 1190. The van der Waals surface area contributed by atoms with Crippen LogP contribution in [0.5, 0.6) is 0 Å². The zero-order valence-electron chi connectivity index (χ0n) is 21.6. The molecule has 3 aliphatic rings. The van der Waals surface area contributed by atoms with Crippen LogP contribution in [0.2, 0.25) is 0 Å². The molecule has 0 spiro atoms. The second kappa shape index (κ2) is 9.64. The highest BCUT2D eigenvalue weighted by Crippen LogP contribution is 2.29. The summed E-state index contributed by atoms with van der Waals surface area (Å²) in [6.45, 7) is 9.03. The van der Waals surface area contributed by atoms with Crippen molar-refractivity contribution in [1.82, 2.24) is 15.1 Å². The second-order valence-electron chi connectivity index (χ2n) is 11.3. The largest absolute Gasteiger partial charge is 0.343 e. The van der Waals surface area contributed by atoms with E-state index in [1.54, 1.807) is 21.9 Å². The average Bonchev–Trinajstić information content (AvgIpc) is 2.82. The highest BCUT2D eigenvalue weighted by Gasteiger charge is 2.33. The van der Waals surface area contributed by atoms with Gasteiger partial charge in [-0.15, -0.1) is 0 Å². The van der Waals surface area contributed by atoms with Crippen LogP contribution >= 0.6 is 0 Å². The lowest BCUT2D eigenvalue weighted by Crippen LogP contribution is -2.48. The van der Waals surface area contributed by atoms with E-state index in [0.717, 1.165) is 29.5 Å². The number of piperidine rings is 1. The molecule has 0 radical (unpaired) electrons. The second-order valence-corrected chi connectivity index (χ2v) is 11.3. The molecule has 0 aromatic heterocycles. The normalized spacial score (nSPS) is 22.1. The lowest BCUT2D eigenvalue weighted by atomic mass is 9.86. The lowest BCUT2D eigenvalue weighted by molar-refractivity contribution is -0.140. The van der Waals surface area contributed by atoms with E-state index in [2.05, 4.69) is 5.32 Å². The molecule has 4 rings (SSSR count). The topological polar surface area (TPSA) is 100 Å². The van der Waals surface area contributed by atoms with Gasteiger partial charge in [0.05, 0.1) is 11.1 Å². The molecule has 1 unspecified atom stereocenters. The molecule has 1 atom stereocenters. The van der Waals surface area contributed by atoms with E-state index in [1.807, 2.05) is 39.8 Å². The van der Waals surface area contributed by atoms with Crippen LogP contribution in [-0.2, 0) is 17.8 Å². The fraction of sp³-hybridized carbons (Fsp3) is 0.500. The van der Waals surface area contributed by atoms with E-state index in [4.69, 9.17) is 10.8 Å². The highest BCUT2D eigenvalue weighted by atomic mass is 19.1. The van der Waals surface area contributed by atoms with Gasteiger partial charge in [-0.3, -0.25) is 20.4 Å². The van der Waals surface area contributed by atoms with E-state index in [-0.39, 0.29) is 18.7 Å². The number of allylic oxidation sites excluding steroid dienone is 2. The van der Waals surface area contributed by atoms with Crippen LogP contribution in [0.15, 0.2) is 35.9 Å². The Morgan fingerprint density at radius 1 is 1.14 bits per heavy atom. The van der Waals surface area contributed by atoms with Crippen molar-refractivity contribution in [3.05, 3.63) is 58.4 Å². The quantitative estimate of drug-likeness (QED) is 0.414. The van der Waals surface area contributed by atoms with Crippen LogP contribution in [0.1, 0.15) is 76.3 Å². The van der Waals surface area contributed by atoms with Crippen molar-refractivity contribution in [2.24, 2.45) is 5.41 Å². The summed E-state index contributed by atoms with van der Waals surface area (Å²) in [5.74, 6) is -0.335. The fourth-order valence-corrected chi connectivity index (χ4v) is 5.12. The summed E-state index contributed by atoms with van der Waals surface area (Å²) in [5, 5.41) is 19.8. The Hall–Kier alpha value is -3.29. The molecule has 1 aromatic carbocycles. The third-order valence-electron chi connectivity index (χ3n) is 7.14. The number of carbonyl (C=O) groups is 2. The standard InChI is InChI=1S/C28H36FN5O2.H2/c1-27(2,3)26(36)33-13-10-18-15-22(29)21(14-20(18)17-33)25(35)32-28(4)11-7-8-19(16-28)24(31)34-12-6-5-9-23(34)30;/h7-8,11,14-15,30-31H,5-6,9-10,12-13,16-17H2,1-4H3,(H,32,35);1H. The van der Waals surface area contributed by atoms with Gasteiger partial charge in [0.2, 0.25) is 5.91 Å². The molecule has 8 heteroatoms. The summed E-state index contributed by atoms with van der Waals surface area (Å²) in [6.07, 6.45) is 9.00. The Kier molecular flexibility index (Phi) is 6.90. The van der Waals surface area contributed by atoms with E-state index < -0.39 is 22.7 Å². The minimum atomic E-state index is -0.804. The molecule has 2 aliphatic heterocycles. The number of benzene rings is 1. The molecule has 1 aromatic rings. The molecular weight excluding hydrogens is 457 g/mol. The molecular formula is C28H38FN5O2. The van der Waals surface area contributed by atoms with Crippen molar-refractivity contribution in [2.45, 2.75) is 71.9 Å². The summed E-state index contributed by atoms with van der Waals surface area (Å²) in [5.41, 5.74) is 0.994. The maximum atomic E-state index is 15.0. The number of fused-ring (bicyclic) bond motifs is 1. The van der Waals surface area contributed by atoms with E-state index in [0.29, 0.717) is 44.7 Å². The van der Waals surface area contributed by atoms with Crippen molar-refractivity contribution in [3.8, 4) is 0 Å². The number of hydrogen-bond donors (Lipinski definition) is 3. The average molecular weight is 496 g/mol. The van der Waals surface area contributed by atoms with Gasteiger partial charge in [-0.1, -0.05) is 39.0 Å². The predicted octanol–water partition coefficient (Wildman–Crippen LogP) is 4.82. The highest BCUT2D eigenvalue weighted by molar-refractivity contribution is 6.07. The molecule has 194 valence electrons. The number of likely N-dealkylation sites (tertiary alicyclic amines) is 1. The van der Waals surface area contributed by atoms with Gasteiger partial charge >= 0.3 is 0 Å². The number of nitrogens with one attached hydrogen (secondary N) is 3. The maximum absolute atomic E-state index is 15.0. The maximum Gasteiger partial charge on any atom is 0.254 e. The number of amides is 2. The minimum absolute atomic E-state index is 0. The van der Waals surface area contributed by atoms with Crippen LogP contribution in [0.4, 0.5) is 4.39 Å². The van der Waals surface area contributed by atoms with Crippen molar-refractivity contribution in [1.29, 1.82) is 10.8 Å². The minimum Gasteiger partial charge on any atom is -0.343 e. The predicted molar refractivity (Wildman–Crippen MR) is 141 cm³/mol. The third kappa shape index (κ3) is 5.27. The number of hydrogen-bond acceptors (Lipinski definition) is 4. The summed E-state index contributed by atoms with van der Waals surface area (Å²) in [6, 6.07) is 3.00. The zero-order chi connectivity index (χ0) is 26.3. The van der Waals surface area contributed by atoms with Crippen LogP contribution in [0, 0.1) is 22.1 Å². The molecule has 0 bridgehead atoms. The molecule has 2 heterocycles. The van der Waals surface area contributed by atoms with Gasteiger partial charge in [-0.05, 0) is 55.0 Å². The van der Waals surface area contributed by atoms with Crippen LogP contribution in [0.25, 0.3) is 0 Å². The van der Waals surface area contributed by atoms with Gasteiger partial charge in [0.15, 0.2) is 0 Å². The van der Waals surface area contributed by atoms with Crippen molar-refractivity contribution in [2.75, 3.05) is 13.1 Å². The Morgan fingerprint density at radius 3 is 2.58 bits per heavy atom. The van der Waals surface area contributed by atoms with Crippen LogP contribution < -0.4 is 5.32 Å². The van der Waals surface area contributed by atoms with Gasteiger partial charge < -0.3 is 15.1 Å². The first-order valence-electron chi connectivity index (χ1n) is 12.6. The number of nitrogens with zero attached hydrogens (tertiary/aromatic N) is 2. The number of rotatable bonds is 3. The van der Waals surface area contributed by atoms with Gasteiger partial charge in [0.1, 0.15) is 17.5 Å². The molecule has 0 saturated carbocycles. The molecule has 3 N–H and O–H groups in total. The summed E-state index contributed by atoms with van der Waals surface area (Å²) < 4.78 is 15.0. The van der Waals surface area contributed by atoms with Crippen molar-refractivity contribution < 1.29 is 15.4 Å². The van der Waals surface area contributed by atoms with E-state index in [1.165, 1.54) is 6.07 Å².